The molecule has 3 rings (SSSR count). The first-order valence-electron chi connectivity index (χ1n) is 8.41. The van der Waals surface area contributed by atoms with Crippen LogP contribution in [-0.4, -0.2) is 46.2 Å². The predicted octanol–water partition coefficient (Wildman–Crippen LogP) is 2.38. The zero-order valence-corrected chi connectivity index (χ0v) is 12.6. The van der Waals surface area contributed by atoms with E-state index in [2.05, 4.69) is 17.1 Å². The van der Waals surface area contributed by atoms with E-state index >= 15 is 0 Å². The quantitative estimate of drug-likeness (QED) is 0.784. The van der Waals surface area contributed by atoms with Crippen molar-refractivity contribution in [2.24, 2.45) is 0 Å². The maximum Gasteiger partial charge on any atom is 0.323 e. The molecule has 0 radical (unpaired) electrons. The molecule has 0 aromatic heterocycles. The summed E-state index contributed by atoms with van der Waals surface area (Å²) in [5.41, 5.74) is -0.641. The van der Waals surface area contributed by atoms with E-state index in [-0.39, 0.29) is 0 Å². The Morgan fingerprint density at radius 1 is 1.20 bits per heavy atom. The first-order chi connectivity index (χ1) is 9.64. The number of carboxylic acids is 1. The van der Waals surface area contributed by atoms with Crippen molar-refractivity contribution in [3.8, 4) is 0 Å². The molecule has 0 aromatic rings. The van der Waals surface area contributed by atoms with E-state index in [1.54, 1.807) is 0 Å². The van der Waals surface area contributed by atoms with E-state index in [4.69, 9.17) is 0 Å². The van der Waals surface area contributed by atoms with Crippen LogP contribution in [0.5, 0.6) is 0 Å². The molecule has 3 fully saturated rings. The van der Waals surface area contributed by atoms with Crippen LogP contribution in [-0.2, 0) is 4.79 Å². The number of hydrogen-bond donors (Lipinski definition) is 2. The minimum Gasteiger partial charge on any atom is -0.480 e. The Bertz CT molecular complexity index is 363. The lowest BCUT2D eigenvalue weighted by Gasteiger charge is -2.35. The first-order valence-corrected chi connectivity index (χ1v) is 8.41. The molecular formula is C16H28N2O2. The largest absolute Gasteiger partial charge is 0.480 e. The van der Waals surface area contributed by atoms with Crippen LogP contribution in [0.3, 0.4) is 0 Å². The summed E-state index contributed by atoms with van der Waals surface area (Å²) < 4.78 is 0. The van der Waals surface area contributed by atoms with Gasteiger partial charge in [-0.25, -0.2) is 0 Å². The number of carbonyl (C=O) groups is 1. The topological polar surface area (TPSA) is 52.6 Å². The maximum atomic E-state index is 11.8. The van der Waals surface area contributed by atoms with Crippen molar-refractivity contribution in [1.82, 2.24) is 10.2 Å². The second kappa shape index (κ2) is 5.64. The molecule has 0 aliphatic heterocycles. The van der Waals surface area contributed by atoms with Gasteiger partial charge >= 0.3 is 5.97 Å². The molecule has 0 saturated heterocycles. The van der Waals surface area contributed by atoms with E-state index in [0.717, 1.165) is 38.6 Å². The third-order valence-corrected chi connectivity index (χ3v) is 5.58. The van der Waals surface area contributed by atoms with Crippen LogP contribution in [0.1, 0.15) is 64.7 Å². The Balaban J connectivity index is 1.67. The third kappa shape index (κ3) is 2.73. The van der Waals surface area contributed by atoms with Gasteiger partial charge in [-0.3, -0.25) is 15.0 Å². The Hall–Kier alpha value is -0.610. The van der Waals surface area contributed by atoms with Gasteiger partial charge in [0.1, 0.15) is 5.54 Å². The molecule has 114 valence electrons. The summed E-state index contributed by atoms with van der Waals surface area (Å²) >= 11 is 0. The summed E-state index contributed by atoms with van der Waals surface area (Å²) in [5, 5.41) is 13.1. The molecular weight excluding hydrogens is 252 g/mol. The van der Waals surface area contributed by atoms with Gasteiger partial charge in [0.15, 0.2) is 0 Å². The van der Waals surface area contributed by atoms with Gasteiger partial charge in [0, 0.05) is 18.1 Å². The van der Waals surface area contributed by atoms with Gasteiger partial charge in [0.25, 0.3) is 0 Å². The zero-order chi connectivity index (χ0) is 14.2. The molecule has 3 saturated carbocycles. The molecule has 0 spiro atoms. The number of rotatable bonds is 6. The lowest BCUT2D eigenvalue weighted by atomic mass is 9.96. The molecule has 4 nitrogen and oxygen atoms in total. The highest BCUT2D eigenvalue weighted by molar-refractivity contribution is 5.79. The van der Waals surface area contributed by atoms with Crippen LogP contribution in [0, 0.1) is 0 Å². The third-order valence-electron chi connectivity index (χ3n) is 5.58. The normalized spacial score (nSPS) is 35.0. The average Bonchev–Trinajstić information content (AvgIpc) is 2.92. The van der Waals surface area contributed by atoms with Crippen molar-refractivity contribution in [3.63, 3.8) is 0 Å². The first kappa shape index (κ1) is 14.3. The van der Waals surface area contributed by atoms with Gasteiger partial charge in [-0.05, 0) is 51.5 Å². The number of carboxylic acid groups (broad SMARTS) is 1. The van der Waals surface area contributed by atoms with Crippen LogP contribution < -0.4 is 5.32 Å². The van der Waals surface area contributed by atoms with Crippen molar-refractivity contribution in [2.75, 3.05) is 6.54 Å². The fourth-order valence-corrected chi connectivity index (χ4v) is 4.36. The molecule has 2 unspecified atom stereocenters. The second-order valence-corrected chi connectivity index (χ2v) is 6.97. The average molecular weight is 280 g/mol. The van der Waals surface area contributed by atoms with E-state index in [0.29, 0.717) is 18.1 Å². The zero-order valence-electron chi connectivity index (χ0n) is 12.6. The molecule has 0 heterocycles. The summed E-state index contributed by atoms with van der Waals surface area (Å²) in [7, 11) is 0. The molecule has 2 N–H and O–H groups in total. The second-order valence-electron chi connectivity index (χ2n) is 6.97. The number of hydrogen-bond acceptors (Lipinski definition) is 3. The minimum absolute atomic E-state index is 0.463. The summed E-state index contributed by atoms with van der Waals surface area (Å²) in [6, 6.07) is 1.63. The van der Waals surface area contributed by atoms with E-state index in [1.807, 2.05) is 0 Å². The molecule has 3 aliphatic rings. The monoisotopic (exact) mass is 280 g/mol. The van der Waals surface area contributed by atoms with Crippen molar-refractivity contribution >= 4 is 5.97 Å². The van der Waals surface area contributed by atoms with Crippen molar-refractivity contribution in [1.29, 1.82) is 0 Å². The molecule has 0 bridgehead atoms. The number of nitrogens with one attached hydrogen (secondary N) is 1. The van der Waals surface area contributed by atoms with Crippen molar-refractivity contribution in [3.05, 3.63) is 0 Å². The molecule has 0 amide bonds. The van der Waals surface area contributed by atoms with E-state index in [1.165, 1.54) is 25.7 Å². The predicted molar refractivity (Wildman–Crippen MR) is 78.8 cm³/mol. The Morgan fingerprint density at radius 3 is 2.45 bits per heavy atom. The summed E-state index contributed by atoms with van der Waals surface area (Å²) in [4.78, 5) is 14.4. The Labute approximate surface area is 121 Å². The molecule has 20 heavy (non-hydrogen) atoms. The Morgan fingerprint density at radius 2 is 1.90 bits per heavy atom. The number of aliphatic carboxylic acids is 1. The highest BCUT2D eigenvalue weighted by Crippen LogP contribution is 2.38. The van der Waals surface area contributed by atoms with Crippen LogP contribution >= 0.6 is 0 Å². The summed E-state index contributed by atoms with van der Waals surface area (Å²) in [6.07, 6.45) is 10.2. The fraction of sp³-hybridized carbons (Fsp3) is 0.938. The summed E-state index contributed by atoms with van der Waals surface area (Å²) in [5.74, 6) is -0.630. The van der Waals surface area contributed by atoms with Gasteiger partial charge in [0.2, 0.25) is 0 Å². The van der Waals surface area contributed by atoms with Crippen molar-refractivity contribution in [2.45, 2.75) is 88.4 Å². The SMILES string of the molecule is CCN(C1CCCC1)C1CCC(NC2CC2)(C(=O)O)C1. The van der Waals surface area contributed by atoms with Gasteiger partial charge in [-0.2, -0.15) is 0 Å². The number of nitrogens with zero attached hydrogens (tertiary/aromatic N) is 1. The van der Waals surface area contributed by atoms with Crippen LogP contribution in [0.15, 0.2) is 0 Å². The van der Waals surface area contributed by atoms with Gasteiger partial charge < -0.3 is 5.11 Å². The standard InChI is InChI=1S/C16H28N2O2/c1-2-18(13-5-3-4-6-13)14-9-10-16(11-14,15(19)20)17-12-7-8-12/h12-14,17H,2-11H2,1H3,(H,19,20). The minimum atomic E-state index is -0.641. The highest BCUT2D eigenvalue weighted by atomic mass is 16.4. The lowest BCUT2D eigenvalue weighted by Crippen LogP contribution is -2.52. The van der Waals surface area contributed by atoms with Gasteiger partial charge in [-0.1, -0.05) is 19.8 Å². The molecule has 3 aliphatic carbocycles. The van der Waals surface area contributed by atoms with E-state index < -0.39 is 11.5 Å². The molecule has 2 atom stereocenters. The van der Waals surface area contributed by atoms with Gasteiger partial charge in [0.05, 0.1) is 0 Å². The smallest absolute Gasteiger partial charge is 0.323 e. The van der Waals surface area contributed by atoms with Gasteiger partial charge in [-0.15, -0.1) is 0 Å². The Kier molecular flexibility index (Phi) is 4.04. The van der Waals surface area contributed by atoms with E-state index in [9.17, 15) is 9.90 Å². The summed E-state index contributed by atoms with van der Waals surface area (Å²) in [6.45, 7) is 3.29. The van der Waals surface area contributed by atoms with Crippen LogP contribution in [0.4, 0.5) is 0 Å². The highest BCUT2D eigenvalue weighted by Gasteiger charge is 2.49. The lowest BCUT2D eigenvalue weighted by molar-refractivity contribution is -0.145. The van der Waals surface area contributed by atoms with Crippen LogP contribution in [0.25, 0.3) is 0 Å². The maximum absolute atomic E-state index is 11.8. The molecule has 0 aromatic carbocycles. The fourth-order valence-electron chi connectivity index (χ4n) is 4.36. The van der Waals surface area contributed by atoms with Crippen LogP contribution in [0.2, 0.25) is 0 Å². The van der Waals surface area contributed by atoms with Crippen molar-refractivity contribution < 1.29 is 9.90 Å². The molecule has 4 heteroatoms.